The number of ether oxygens (including phenoxy) is 2. The first-order valence-electron chi connectivity index (χ1n) is 7.49. The minimum atomic E-state index is -0.617. The van der Waals surface area contributed by atoms with Crippen LogP contribution in [-0.4, -0.2) is 26.0 Å². The maximum absolute atomic E-state index is 12.7. The molecule has 1 aliphatic heterocycles. The van der Waals surface area contributed by atoms with Crippen molar-refractivity contribution in [2.75, 3.05) is 24.4 Å². The first-order valence-corrected chi connectivity index (χ1v) is 8.25. The zero-order chi connectivity index (χ0) is 18.8. The van der Waals surface area contributed by atoms with Gasteiger partial charge in [0.15, 0.2) is 0 Å². The van der Waals surface area contributed by atoms with Gasteiger partial charge in [0.25, 0.3) is 11.8 Å². The number of amides is 2. The zero-order valence-corrected chi connectivity index (χ0v) is 15.4. The van der Waals surface area contributed by atoms with Crippen LogP contribution in [0.3, 0.4) is 0 Å². The van der Waals surface area contributed by atoms with Gasteiger partial charge >= 0.3 is 0 Å². The van der Waals surface area contributed by atoms with Crippen molar-refractivity contribution >= 4 is 46.4 Å². The standard InChI is InChI=1S/C18H14Cl2N2O4/c1-25-12-7-8-13(14(9-12)26-2)21-16-15(20)17(23)22(18(16)24)11-5-3-10(19)4-6-11/h3-9,21H,1-2H3. The van der Waals surface area contributed by atoms with Gasteiger partial charge in [-0.3, -0.25) is 9.59 Å². The van der Waals surface area contributed by atoms with Gasteiger partial charge in [-0.1, -0.05) is 23.2 Å². The van der Waals surface area contributed by atoms with Crippen LogP contribution in [0.5, 0.6) is 11.5 Å². The summed E-state index contributed by atoms with van der Waals surface area (Å²) in [5.41, 5.74) is 0.816. The van der Waals surface area contributed by atoms with Crippen molar-refractivity contribution in [3.63, 3.8) is 0 Å². The summed E-state index contributed by atoms with van der Waals surface area (Å²) in [6, 6.07) is 11.3. The fourth-order valence-corrected chi connectivity index (χ4v) is 2.81. The molecule has 0 aliphatic carbocycles. The number of benzene rings is 2. The molecule has 0 spiro atoms. The highest BCUT2D eigenvalue weighted by Gasteiger charge is 2.39. The number of carbonyl (C=O) groups excluding carboxylic acids is 2. The number of imide groups is 1. The number of hydrogen-bond acceptors (Lipinski definition) is 5. The topological polar surface area (TPSA) is 67.9 Å². The Labute approximate surface area is 159 Å². The van der Waals surface area contributed by atoms with E-state index in [0.29, 0.717) is 27.9 Å². The molecule has 1 N–H and O–H groups in total. The monoisotopic (exact) mass is 392 g/mol. The number of methoxy groups -OCH3 is 2. The molecule has 26 heavy (non-hydrogen) atoms. The second kappa shape index (κ2) is 7.27. The maximum atomic E-state index is 12.7. The van der Waals surface area contributed by atoms with Crippen molar-refractivity contribution in [2.45, 2.75) is 0 Å². The van der Waals surface area contributed by atoms with Gasteiger partial charge in [0.05, 0.1) is 25.6 Å². The van der Waals surface area contributed by atoms with Gasteiger partial charge in [0.1, 0.15) is 22.2 Å². The van der Waals surface area contributed by atoms with Crippen LogP contribution < -0.4 is 19.7 Å². The summed E-state index contributed by atoms with van der Waals surface area (Å²) in [4.78, 5) is 26.2. The van der Waals surface area contributed by atoms with Gasteiger partial charge < -0.3 is 14.8 Å². The van der Waals surface area contributed by atoms with Crippen molar-refractivity contribution in [3.05, 3.63) is 58.2 Å². The van der Waals surface area contributed by atoms with Crippen LogP contribution in [0.25, 0.3) is 0 Å². The van der Waals surface area contributed by atoms with E-state index in [9.17, 15) is 9.59 Å². The minimum Gasteiger partial charge on any atom is -0.497 e. The molecule has 2 aromatic rings. The molecule has 0 radical (unpaired) electrons. The molecular weight excluding hydrogens is 379 g/mol. The van der Waals surface area contributed by atoms with Gasteiger partial charge in [-0.2, -0.15) is 0 Å². The Morgan fingerprint density at radius 1 is 0.923 bits per heavy atom. The van der Waals surface area contributed by atoms with Crippen LogP contribution in [0.1, 0.15) is 0 Å². The molecule has 0 saturated carbocycles. The largest absolute Gasteiger partial charge is 0.497 e. The summed E-state index contributed by atoms with van der Waals surface area (Å²) in [6.45, 7) is 0. The van der Waals surface area contributed by atoms with E-state index in [-0.39, 0.29) is 10.7 Å². The molecule has 8 heteroatoms. The maximum Gasteiger partial charge on any atom is 0.283 e. The summed E-state index contributed by atoms with van der Waals surface area (Å²) < 4.78 is 10.4. The minimum absolute atomic E-state index is 0.0323. The van der Waals surface area contributed by atoms with Crippen LogP contribution in [-0.2, 0) is 9.59 Å². The van der Waals surface area contributed by atoms with Crippen LogP contribution in [0, 0.1) is 0 Å². The van der Waals surface area contributed by atoms with Crippen LogP contribution >= 0.6 is 23.2 Å². The number of carbonyl (C=O) groups is 2. The molecule has 134 valence electrons. The van der Waals surface area contributed by atoms with Crippen LogP contribution in [0.15, 0.2) is 53.2 Å². The van der Waals surface area contributed by atoms with E-state index in [0.717, 1.165) is 4.90 Å². The second-order valence-corrected chi connectivity index (χ2v) is 6.12. The Bertz CT molecular complexity index is 910. The lowest BCUT2D eigenvalue weighted by molar-refractivity contribution is -0.120. The molecular formula is C18H14Cl2N2O4. The number of halogens is 2. The van der Waals surface area contributed by atoms with Crippen LogP contribution in [0.2, 0.25) is 5.02 Å². The van der Waals surface area contributed by atoms with Gasteiger partial charge in [-0.05, 0) is 36.4 Å². The molecule has 2 aromatic carbocycles. The molecule has 6 nitrogen and oxygen atoms in total. The summed E-state index contributed by atoms with van der Waals surface area (Å²) in [5, 5.41) is 3.17. The third-order valence-corrected chi connectivity index (χ3v) is 4.38. The molecule has 0 saturated heterocycles. The molecule has 3 rings (SSSR count). The lowest BCUT2D eigenvalue weighted by atomic mass is 10.2. The lowest BCUT2D eigenvalue weighted by Gasteiger charge is -2.16. The molecule has 0 aromatic heterocycles. The third-order valence-electron chi connectivity index (χ3n) is 3.78. The summed E-state index contributed by atoms with van der Waals surface area (Å²) in [7, 11) is 3.02. The first-order chi connectivity index (χ1) is 12.5. The van der Waals surface area contributed by atoms with Crippen molar-refractivity contribution < 1.29 is 19.1 Å². The quantitative estimate of drug-likeness (QED) is 0.783. The van der Waals surface area contributed by atoms with Crippen molar-refractivity contribution in [2.24, 2.45) is 0 Å². The molecule has 1 aliphatic rings. The SMILES string of the molecule is COc1ccc(NC2=C(Cl)C(=O)N(c3ccc(Cl)cc3)C2=O)c(OC)c1. The Hall–Kier alpha value is -2.70. The Kier molecular flexibility index (Phi) is 5.06. The highest BCUT2D eigenvalue weighted by Crippen LogP contribution is 2.34. The predicted molar refractivity (Wildman–Crippen MR) is 100.0 cm³/mol. The highest BCUT2D eigenvalue weighted by molar-refractivity contribution is 6.53. The van der Waals surface area contributed by atoms with Gasteiger partial charge in [-0.15, -0.1) is 0 Å². The van der Waals surface area contributed by atoms with Gasteiger partial charge in [0.2, 0.25) is 0 Å². The molecule has 2 amide bonds. The summed E-state index contributed by atoms with van der Waals surface area (Å²) in [6.07, 6.45) is 0. The average molecular weight is 393 g/mol. The summed E-state index contributed by atoms with van der Waals surface area (Å²) in [5.74, 6) is -0.162. The van der Waals surface area contributed by atoms with Crippen molar-refractivity contribution in [1.82, 2.24) is 0 Å². The number of nitrogens with zero attached hydrogens (tertiary/aromatic N) is 1. The Morgan fingerprint density at radius 3 is 2.23 bits per heavy atom. The van der Waals surface area contributed by atoms with E-state index < -0.39 is 11.8 Å². The summed E-state index contributed by atoms with van der Waals surface area (Å²) >= 11 is 12.0. The highest BCUT2D eigenvalue weighted by atomic mass is 35.5. The van der Waals surface area contributed by atoms with E-state index >= 15 is 0 Å². The molecule has 0 fully saturated rings. The van der Waals surface area contributed by atoms with E-state index in [4.69, 9.17) is 32.7 Å². The van der Waals surface area contributed by atoms with Crippen LogP contribution in [0.4, 0.5) is 11.4 Å². The van der Waals surface area contributed by atoms with Gasteiger partial charge in [0, 0.05) is 11.1 Å². The van der Waals surface area contributed by atoms with E-state index in [1.165, 1.54) is 14.2 Å². The van der Waals surface area contributed by atoms with Crippen molar-refractivity contribution in [1.29, 1.82) is 0 Å². The average Bonchev–Trinajstić information content (AvgIpc) is 2.86. The third kappa shape index (κ3) is 3.21. The molecule has 0 unspecified atom stereocenters. The predicted octanol–water partition coefficient (Wildman–Crippen LogP) is 3.79. The Balaban J connectivity index is 1.92. The van der Waals surface area contributed by atoms with Crippen molar-refractivity contribution in [3.8, 4) is 11.5 Å². The fourth-order valence-electron chi connectivity index (χ4n) is 2.47. The lowest BCUT2D eigenvalue weighted by Crippen LogP contribution is -2.32. The first kappa shape index (κ1) is 18.1. The van der Waals surface area contributed by atoms with E-state index in [2.05, 4.69) is 5.32 Å². The van der Waals surface area contributed by atoms with E-state index in [1.807, 2.05) is 0 Å². The number of hydrogen-bond donors (Lipinski definition) is 1. The normalized spacial score (nSPS) is 14.1. The van der Waals surface area contributed by atoms with Gasteiger partial charge in [-0.25, -0.2) is 4.90 Å². The second-order valence-electron chi connectivity index (χ2n) is 5.30. The number of rotatable bonds is 5. The molecule has 1 heterocycles. The zero-order valence-electron chi connectivity index (χ0n) is 13.9. The Morgan fingerprint density at radius 2 is 1.62 bits per heavy atom. The van der Waals surface area contributed by atoms with E-state index in [1.54, 1.807) is 42.5 Å². The fraction of sp³-hybridized carbons (Fsp3) is 0.111. The number of nitrogens with one attached hydrogen (secondary N) is 1. The molecule has 0 atom stereocenters. The smallest absolute Gasteiger partial charge is 0.283 e. The molecule has 0 bridgehead atoms. The number of anilines is 2.